The van der Waals surface area contributed by atoms with Crippen molar-refractivity contribution in [3.63, 3.8) is 0 Å². The molecule has 0 aliphatic heterocycles. The van der Waals surface area contributed by atoms with Crippen LogP contribution in [0.25, 0.3) is 0 Å². The van der Waals surface area contributed by atoms with Crippen LogP contribution in [-0.4, -0.2) is 25.8 Å². The first-order valence-electron chi connectivity index (χ1n) is 3.56. The van der Waals surface area contributed by atoms with Gasteiger partial charge in [0.1, 0.15) is 6.33 Å². The highest BCUT2D eigenvalue weighted by molar-refractivity contribution is 5.83. The van der Waals surface area contributed by atoms with Crippen LogP contribution >= 0.6 is 0 Å². The quantitative estimate of drug-likeness (QED) is 0.673. The third-order valence-electron chi connectivity index (χ3n) is 1.46. The molecule has 0 atom stereocenters. The summed E-state index contributed by atoms with van der Waals surface area (Å²) in [6.45, 7) is 5.68. The molecule has 0 aliphatic carbocycles. The van der Waals surface area contributed by atoms with Gasteiger partial charge in [-0.05, 0) is 20.8 Å². The van der Waals surface area contributed by atoms with Crippen molar-refractivity contribution in [2.45, 2.75) is 26.3 Å². The predicted octanol–water partition coefficient (Wildman–Crippen LogP) is 0.731. The SMILES string of the molecule is CC(C)(C)n1cnnc1C(=O)O. The largest absolute Gasteiger partial charge is 0.475 e. The molecule has 1 heterocycles. The van der Waals surface area contributed by atoms with Gasteiger partial charge in [-0.3, -0.25) is 0 Å². The van der Waals surface area contributed by atoms with Gasteiger partial charge >= 0.3 is 5.97 Å². The molecule has 0 saturated carbocycles. The van der Waals surface area contributed by atoms with Gasteiger partial charge in [-0.1, -0.05) is 0 Å². The molecule has 0 radical (unpaired) electrons. The summed E-state index contributed by atoms with van der Waals surface area (Å²) in [4.78, 5) is 10.6. The minimum absolute atomic E-state index is 0.0255. The van der Waals surface area contributed by atoms with Crippen LogP contribution in [-0.2, 0) is 5.54 Å². The van der Waals surface area contributed by atoms with Crippen molar-refractivity contribution >= 4 is 5.97 Å². The summed E-state index contributed by atoms with van der Waals surface area (Å²) in [7, 11) is 0. The van der Waals surface area contributed by atoms with Crippen molar-refractivity contribution < 1.29 is 9.90 Å². The Balaban J connectivity index is 3.17. The molecule has 1 aromatic heterocycles. The van der Waals surface area contributed by atoms with Gasteiger partial charge in [0.2, 0.25) is 5.82 Å². The van der Waals surface area contributed by atoms with E-state index in [1.54, 1.807) is 0 Å². The average molecular weight is 169 g/mol. The van der Waals surface area contributed by atoms with Gasteiger partial charge in [0.15, 0.2) is 0 Å². The molecule has 1 N–H and O–H groups in total. The van der Waals surface area contributed by atoms with Crippen LogP contribution in [0.4, 0.5) is 0 Å². The summed E-state index contributed by atoms with van der Waals surface area (Å²) < 4.78 is 1.52. The second-order valence-corrected chi connectivity index (χ2v) is 3.50. The van der Waals surface area contributed by atoms with Crippen LogP contribution in [0.3, 0.4) is 0 Å². The summed E-state index contributed by atoms with van der Waals surface area (Å²) in [5, 5.41) is 15.7. The first-order valence-corrected chi connectivity index (χ1v) is 3.56. The number of nitrogens with zero attached hydrogens (tertiary/aromatic N) is 3. The Kier molecular flexibility index (Phi) is 1.87. The molecular formula is C7H11N3O2. The lowest BCUT2D eigenvalue weighted by Crippen LogP contribution is -2.25. The van der Waals surface area contributed by atoms with Crippen molar-refractivity contribution in [2.24, 2.45) is 0 Å². The van der Waals surface area contributed by atoms with E-state index >= 15 is 0 Å². The molecule has 0 aromatic carbocycles. The smallest absolute Gasteiger partial charge is 0.374 e. The van der Waals surface area contributed by atoms with E-state index in [4.69, 9.17) is 5.11 Å². The lowest BCUT2D eigenvalue weighted by atomic mass is 10.1. The number of carboxylic acids is 1. The molecule has 66 valence electrons. The zero-order valence-corrected chi connectivity index (χ0v) is 7.27. The van der Waals surface area contributed by atoms with E-state index < -0.39 is 5.97 Å². The second-order valence-electron chi connectivity index (χ2n) is 3.50. The monoisotopic (exact) mass is 169 g/mol. The van der Waals surface area contributed by atoms with Crippen LogP contribution in [0.1, 0.15) is 31.4 Å². The van der Waals surface area contributed by atoms with Gasteiger partial charge in [0, 0.05) is 5.54 Å². The molecule has 0 unspecified atom stereocenters. The van der Waals surface area contributed by atoms with Gasteiger partial charge in [-0.15, -0.1) is 10.2 Å². The van der Waals surface area contributed by atoms with Gasteiger partial charge in [-0.25, -0.2) is 4.79 Å². The topological polar surface area (TPSA) is 68.0 Å². The highest BCUT2D eigenvalue weighted by atomic mass is 16.4. The highest BCUT2D eigenvalue weighted by Gasteiger charge is 2.21. The van der Waals surface area contributed by atoms with E-state index in [2.05, 4.69) is 10.2 Å². The number of rotatable bonds is 1. The Hall–Kier alpha value is -1.39. The van der Waals surface area contributed by atoms with Crippen molar-refractivity contribution in [3.05, 3.63) is 12.2 Å². The van der Waals surface area contributed by atoms with Crippen LogP contribution in [0.15, 0.2) is 6.33 Å². The maximum atomic E-state index is 10.6. The zero-order chi connectivity index (χ0) is 9.35. The summed E-state index contributed by atoms with van der Waals surface area (Å²) in [5.74, 6) is -1.08. The van der Waals surface area contributed by atoms with E-state index in [-0.39, 0.29) is 11.4 Å². The molecule has 5 nitrogen and oxygen atoms in total. The molecule has 0 amide bonds. The first-order chi connectivity index (χ1) is 5.43. The maximum absolute atomic E-state index is 10.6. The fourth-order valence-electron chi connectivity index (χ4n) is 0.872. The number of carboxylic acid groups (broad SMARTS) is 1. The molecule has 0 spiro atoms. The average Bonchev–Trinajstić information content (AvgIpc) is 2.30. The van der Waals surface area contributed by atoms with Crippen molar-refractivity contribution in [1.29, 1.82) is 0 Å². The lowest BCUT2D eigenvalue weighted by molar-refractivity contribution is 0.0670. The number of hydrogen-bond acceptors (Lipinski definition) is 3. The maximum Gasteiger partial charge on any atom is 0.374 e. The van der Waals surface area contributed by atoms with Gasteiger partial charge < -0.3 is 9.67 Å². The Labute approximate surface area is 70.0 Å². The number of hydrogen-bond donors (Lipinski definition) is 1. The van der Waals surface area contributed by atoms with Gasteiger partial charge in [0.25, 0.3) is 0 Å². The standard InChI is InChI=1S/C7H11N3O2/c1-7(2,3)10-4-8-9-5(10)6(11)12/h4H,1-3H3,(H,11,12). The lowest BCUT2D eigenvalue weighted by Gasteiger charge is -2.20. The van der Waals surface area contributed by atoms with Crippen molar-refractivity contribution in [3.8, 4) is 0 Å². The second kappa shape index (κ2) is 2.58. The van der Waals surface area contributed by atoms with Crippen molar-refractivity contribution in [2.75, 3.05) is 0 Å². The van der Waals surface area contributed by atoms with Crippen LogP contribution in [0, 0.1) is 0 Å². The fraction of sp³-hybridized carbons (Fsp3) is 0.571. The Bertz CT molecular complexity index is 298. The van der Waals surface area contributed by atoms with E-state index in [9.17, 15) is 4.79 Å². The van der Waals surface area contributed by atoms with Gasteiger partial charge in [0.05, 0.1) is 0 Å². The summed E-state index contributed by atoms with van der Waals surface area (Å²) in [5.41, 5.74) is -0.294. The van der Waals surface area contributed by atoms with E-state index in [0.29, 0.717) is 0 Å². The third-order valence-corrected chi connectivity index (χ3v) is 1.46. The Morgan fingerprint density at radius 3 is 2.50 bits per heavy atom. The molecule has 0 bridgehead atoms. The summed E-state index contributed by atoms with van der Waals surface area (Å²) in [6, 6.07) is 0. The molecule has 5 heteroatoms. The minimum Gasteiger partial charge on any atom is -0.475 e. The van der Waals surface area contributed by atoms with Crippen LogP contribution in [0.5, 0.6) is 0 Å². The normalized spacial score (nSPS) is 11.6. The van der Waals surface area contributed by atoms with Crippen molar-refractivity contribution in [1.82, 2.24) is 14.8 Å². The molecule has 0 aliphatic rings. The molecule has 1 aromatic rings. The predicted molar refractivity (Wildman–Crippen MR) is 42.0 cm³/mol. The highest BCUT2D eigenvalue weighted by Crippen LogP contribution is 2.14. The number of aromatic carboxylic acids is 1. The van der Waals surface area contributed by atoms with Crippen LogP contribution < -0.4 is 0 Å². The molecule has 12 heavy (non-hydrogen) atoms. The van der Waals surface area contributed by atoms with E-state index in [1.807, 2.05) is 20.8 Å². The molecular weight excluding hydrogens is 158 g/mol. The summed E-state index contributed by atoms with van der Waals surface area (Å²) >= 11 is 0. The number of carbonyl (C=O) groups is 1. The Morgan fingerprint density at radius 1 is 1.58 bits per heavy atom. The molecule has 0 saturated heterocycles. The Morgan fingerprint density at radius 2 is 2.17 bits per heavy atom. The number of aromatic nitrogens is 3. The molecule has 1 rings (SSSR count). The van der Waals surface area contributed by atoms with E-state index in [1.165, 1.54) is 10.9 Å². The fourth-order valence-corrected chi connectivity index (χ4v) is 0.872. The molecule has 0 fully saturated rings. The van der Waals surface area contributed by atoms with Gasteiger partial charge in [-0.2, -0.15) is 0 Å². The van der Waals surface area contributed by atoms with E-state index in [0.717, 1.165) is 0 Å². The summed E-state index contributed by atoms with van der Waals surface area (Å²) in [6.07, 6.45) is 1.42. The minimum atomic E-state index is -1.05. The van der Waals surface area contributed by atoms with Crippen LogP contribution in [0.2, 0.25) is 0 Å². The first kappa shape index (κ1) is 8.70. The third kappa shape index (κ3) is 1.44. The zero-order valence-electron chi connectivity index (χ0n) is 7.27.